The lowest BCUT2D eigenvalue weighted by Crippen LogP contribution is -2.58. The van der Waals surface area contributed by atoms with Crippen molar-refractivity contribution in [1.82, 2.24) is 36.1 Å². The summed E-state index contributed by atoms with van der Waals surface area (Å²) in [5.41, 5.74) is 4.22. The molecule has 5 amide bonds. The van der Waals surface area contributed by atoms with Crippen molar-refractivity contribution in [2.24, 2.45) is 16.8 Å². The van der Waals surface area contributed by atoms with Gasteiger partial charge in [-0.2, -0.15) is 0 Å². The summed E-state index contributed by atoms with van der Waals surface area (Å²) < 4.78 is 17.1. The molecule has 0 bridgehead atoms. The summed E-state index contributed by atoms with van der Waals surface area (Å²) in [6, 6.07) is 12.5. The van der Waals surface area contributed by atoms with Crippen molar-refractivity contribution in [3.05, 3.63) is 93.3 Å². The number of likely N-dealkylation sites (N-methyl/N-ethyl adjacent to an activating group) is 1. The standard InChI is InChI=1S/C56H81N9O9S/c1-9-26-65(55(70)51(38(6)11-3)63-53(69)46-15-12-13-27-64(46)7)47(37(4)5)30-48(74-28-10-2)54-62-45(35-75-54)52(68)61-44(56(71)72-8)29-39-22-24-42(25-23-39)60-50(67)17-14-16-49(66)58-31-40-18-20-41(21-19-40)33-73-34-43-32-57-36-59-43/h18-25,34-38,44,46-48,51H,9-17,26-33H2,1-8H3,(H,57,59)(H,58,66)(H,60,67)(H,61,68)(H,63,69)/b43-34-/t38-,44-,46+,47+,48+,51-/m0/s1. The number of carbonyl (C=O) groups excluding carboxylic acids is 6. The van der Waals surface area contributed by atoms with E-state index in [-0.39, 0.29) is 72.5 Å². The van der Waals surface area contributed by atoms with E-state index in [0.717, 1.165) is 61.9 Å². The minimum Gasteiger partial charge on any atom is -0.495 e. The fraction of sp³-hybridized carbons (Fsp3) is 0.571. The van der Waals surface area contributed by atoms with Crippen LogP contribution >= 0.6 is 11.3 Å². The summed E-state index contributed by atoms with van der Waals surface area (Å²) in [4.78, 5) is 93.5. The summed E-state index contributed by atoms with van der Waals surface area (Å²) in [6.07, 6.45) is 8.98. The Morgan fingerprint density at radius 2 is 1.64 bits per heavy atom. The maximum absolute atomic E-state index is 14.7. The van der Waals surface area contributed by atoms with Crippen molar-refractivity contribution >= 4 is 58.9 Å². The Morgan fingerprint density at radius 3 is 2.29 bits per heavy atom. The second-order valence-corrected chi connectivity index (χ2v) is 20.8. The van der Waals surface area contributed by atoms with Gasteiger partial charge in [-0.3, -0.25) is 33.9 Å². The summed E-state index contributed by atoms with van der Waals surface area (Å²) in [7, 11) is 3.23. The smallest absolute Gasteiger partial charge is 0.328 e. The average Bonchev–Trinajstić information content (AvgIpc) is 4.13. The zero-order chi connectivity index (χ0) is 54.3. The molecule has 1 saturated heterocycles. The molecule has 0 aliphatic carbocycles. The lowest BCUT2D eigenvalue weighted by atomic mass is 9.92. The molecule has 0 saturated carbocycles. The van der Waals surface area contributed by atoms with Crippen LogP contribution in [0.1, 0.15) is 144 Å². The molecule has 1 aromatic heterocycles. The number of hydrogen-bond acceptors (Lipinski definition) is 14. The largest absolute Gasteiger partial charge is 0.495 e. The highest BCUT2D eigenvalue weighted by Gasteiger charge is 2.38. The lowest BCUT2D eigenvalue weighted by molar-refractivity contribution is -0.143. The maximum Gasteiger partial charge on any atom is 0.328 e. The highest BCUT2D eigenvalue weighted by atomic mass is 32.1. The van der Waals surface area contributed by atoms with Gasteiger partial charge in [-0.1, -0.05) is 90.8 Å². The van der Waals surface area contributed by atoms with Crippen LogP contribution in [0.25, 0.3) is 0 Å². The quantitative estimate of drug-likeness (QED) is 0.0330. The van der Waals surface area contributed by atoms with E-state index in [1.54, 1.807) is 42.2 Å². The molecule has 0 unspecified atom stereocenters. The molecule has 3 heterocycles. The SMILES string of the molecule is CCCO[C@H](C[C@H](C(C)C)N(CCC)C(=O)[C@@H](NC(=O)[C@H]1CCCCN1C)[C@@H](C)CC)c1nc(C(=O)N[C@@H](Cc2ccc(NC(=O)CCCC(=O)NCc3ccc(CO/C=C4/CN=CN4)cc3)cc2)C(=O)OC)cs1. The van der Waals surface area contributed by atoms with Crippen LogP contribution < -0.4 is 26.6 Å². The number of esters is 1. The van der Waals surface area contributed by atoms with E-state index in [4.69, 9.17) is 19.2 Å². The van der Waals surface area contributed by atoms with E-state index in [0.29, 0.717) is 61.9 Å². The molecule has 410 valence electrons. The average molecular weight is 1060 g/mol. The first-order valence-electron chi connectivity index (χ1n) is 26.7. The molecule has 6 atom stereocenters. The molecular weight excluding hydrogens is 975 g/mol. The van der Waals surface area contributed by atoms with Gasteiger partial charge in [0.15, 0.2) is 0 Å². The van der Waals surface area contributed by atoms with Gasteiger partial charge in [-0.05, 0) is 86.4 Å². The number of amides is 5. The van der Waals surface area contributed by atoms with Gasteiger partial charge in [0.25, 0.3) is 5.91 Å². The second-order valence-electron chi connectivity index (χ2n) is 19.9. The Balaban J connectivity index is 1.13. The van der Waals surface area contributed by atoms with Crippen LogP contribution in [0.5, 0.6) is 0 Å². The van der Waals surface area contributed by atoms with E-state index in [1.165, 1.54) is 18.4 Å². The van der Waals surface area contributed by atoms with Crippen LogP contribution in [0.2, 0.25) is 0 Å². The number of likely N-dealkylation sites (tertiary alicyclic amines) is 1. The predicted molar refractivity (Wildman–Crippen MR) is 292 cm³/mol. The van der Waals surface area contributed by atoms with E-state index >= 15 is 0 Å². The molecule has 18 nitrogen and oxygen atoms in total. The molecule has 2 aliphatic heterocycles. The Kier molecular flexibility index (Phi) is 24.7. The summed E-state index contributed by atoms with van der Waals surface area (Å²) in [6.45, 7) is 15.4. The molecule has 5 N–H and O–H groups in total. The number of anilines is 1. The normalized spacial score (nSPS) is 17.0. The second kappa shape index (κ2) is 31.0. The fourth-order valence-electron chi connectivity index (χ4n) is 9.05. The number of carbonyl (C=O) groups is 6. The van der Waals surface area contributed by atoms with E-state index < -0.39 is 30.1 Å². The number of thiazole rings is 1. The van der Waals surface area contributed by atoms with Gasteiger partial charge in [0.2, 0.25) is 23.6 Å². The van der Waals surface area contributed by atoms with E-state index in [2.05, 4.69) is 50.3 Å². The summed E-state index contributed by atoms with van der Waals surface area (Å²) in [5.74, 6) is -1.86. The summed E-state index contributed by atoms with van der Waals surface area (Å²) >= 11 is 1.29. The monoisotopic (exact) mass is 1060 g/mol. The number of piperidine rings is 1. The first kappa shape index (κ1) is 59.7. The van der Waals surface area contributed by atoms with Crippen LogP contribution in [-0.2, 0) is 57.8 Å². The zero-order valence-corrected chi connectivity index (χ0v) is 46.1. The van der Waals surface area contributed by atoms with E-state index in [1.807, 2.05) is 63.9 Å². The number of methoxy groups -OCH3 is 1. The van der Waals surface area contributed by atoms with Gasteiger partial charge in [-0.15, -0.1) is 11.3 Å². The Labute approximate surface area is 447 Å². The van der Waals surface area contributed by atoms with Gasteiger partial charge in [0, 0.05) is 62.5 Å². The molecule has 3 aromatic rings. The van der Waals surface area contributed by atoms with Crippen LogP contribution in [0.3, 0.4) is 0 Å². The molecule has 2 aliphatic rings. The number of hydrogen-bond donors (Lipinski definition) is 5. The molecule has 2 aromatic carbocycles. The predicted octanol–water partition coefficient (Wildman–Crippen LogP) is 7.21. The topological polar surface area (TPSA) is 222 Å². The zero-order valence-electron chi connectivity index (χ0n) is 45.3. The third kappa shape index (κ3) is 18.9. The first-order chi connectivity index (χ1) is 36.1. The van der Waals surface area contributed by atoms with Crippen LogP contribution in [-0.4, -0.2) is 121 Å². The van der Waals surface area contributed by atoms with Crippen LogP contribution in [0, 0.1) is 11.8 Å². The third-order valence-electron chi connectivity index (χ3n) is 13.6. The van der Waals surface area contributed by atoms with Crippen LogP contribution in [0.15, 0.2) is 70.9 Å². The van der Waals surface area contributed by atoms with Gasteiger partial charge in [0.05, 0.1) is 31.7 Å². The van der Waals surface area contributed by atoms with Gasteiger partial charge in [-0.25, -0.2) is 9.78 Å². The molecule has 75 heavy (non-hydrogen) atoms. The molecule has 5 rings (SSSR count). The minimum absolute atomic E-state index is 0.0256. The number of aromatic nitrogens is 1. The van der Waals surface area contributed by atoms with Gasteiger partial charge >= 0.3 is 5.97 Å². The minimum atomic E-state index is -1.04. The number of nitrogens with one attached hydrogen (secondary N) is 5. The Hall–Kier alpha value is -6.18. The fourth-order valence-corrected chi connectivity index (χ4v) is 9.91. The number of nitrogens with zero attached hydrogens (tertiary/aromatic N) is 4. The highest BCUT2D eigenvalue weighted by molar-refractivity contribution is 7.09. The van der Waals surface area contributed by atoms with E-state index in [9.17, 15) is 28.8 Å². The van der Waals surface area contributed by atoms with Gasteiger partial charge < -0.3 is 45.7 Å². The highest BCUT2D eigenvalue weighted by Crippen LogP contribution is 2.32. The number of aliphatic imine (C=N–C) groups is 1. The molecule has 0 radical (unpaired) electrons. The molecule has 19 heteroatoms. The molecular formula is C56H81N9O9S. The number of rotatable bonds is 30. The van der Waals surface area contributed by atoms with Crippen molar-refractivity contribution in [3.8, 4) is 0 Å². The lowest BCUT2D eigenvalue weighted by Gasteiger charge is -2.40. The van der Waals surface area contributed by atoms with Crippen molar-refractivity contribution < 1.29 is 43.0 Å². The van der Waals surface area contributed by atoms with Crippen LogP contribution in [0.4, 0.5) is 5.69 Å². The maximum atomic E-state index is 14.7. The number of benzene rings is 2. The first-order valence-corrected chi connectivity index (χ1v) is 27.6. The van der Waals surface area contributed by atoms with Crippen molar-refractivity contribution in [3.63, 3.8) is 0 Å². The van der Waals surface area contributed by atoms with Crippen molar-refractivity contribution in [1.29, 1.82) is 0 Å². The van der Waals surface area contributed by atoms with Crippen molar-refractivity contribution in [2.75, 3.05) is 45.7 Å². The Bertz CT molecular complexity index is 2360. The summed E-state index contributed by atoms with van der Waals surface area (Å²) in [5, 5.41) is 17.0. The van der Waals surface area contributed by atoms with Crippen molar-refractivity contribution in [2.45, 2.75) is 156 Å². The molecule has 1 fully saturated rings. The van der Waals surface area contributed by atoms with Gasteiger partial charge in [0.1, 0.15) is 41.8 Å². The third-order valence-corrected chi connectivity index (χ3v) is 14.6. The number of ether oxygens (including phenoxy) is 3. The Morgan fingerprint density at radius 1 is 0.920 bits per heavy atom. The molecule has 0 spiro atoms.